The molecule has 0 saturated carbocycles. The van der Waals surface area contributed by atoms with Crippen LogP contribution in [-0.2, 0) is 21.4 Å². The molecule has 9 heteroatoms. The molecule has 0 amide bonds. The maximum absolute atomic E-state index is 12.7. The van der Waals surface area contributed by atoms with Gasteiger partial charge in [-0.3, -0.25) is 9.69 Å². The highest BCUT2D eigenvalue weighted by Gasteiger charge is 2.48. The Morgan fingerprint density at radius 2 is 1.72 bits per heavy atom. The average molecular weight is 538 g/mol. The minimum atomic E-state index is -0.327. The fourth-order valence-electron chi connectivity index (χ4n) is 5.60. The zero-order valence-corrected chi connectivity index (χ0v) is 24.5. The quantitative estimate of drug-likeness (QED) is 0.412. The van der Waals surface area contributed by atoms with Gasteiger partial charge in [0.2, 0.25) is 0 Å². The topological polar surface area (TPSA) is 104 Å². The van der Waals surface area contributed by atoms with E-state index in [0.717, 1.165) is 22.2 Å². The van der Waals surface area contributed by atoms with Gasteiger partial charge >= 0.3 is 5.97 Å². The fourth-order valence-corrected chi connectivity index (χ4v) is 5.60. The number of ether oxygens (including phenoxy) is 1. The predicted octanol–water partition coefficient (Wildman–Crippen LogP) is 4.85. The smallest absolute Gasteiger partial charge is 0.306 e. The minimum absolute atomic E-state index is 0.130. The molecule has 1 saturated heterocycles. The normalized spacial score (nSPS) is 19.9. The van der Waals surface area contributed by atoms with Crippen LogP contribution >= 0.6 is 0 Å². The van der Waals surface area contributed by atoms with Gasteiger partial charge in [0.25, 0.3) is 0 Å². The lowest BCUT2D eigenvalue weighted by molar-refractivity contribution is -0.228. The third kappa shape index (κ3) is 5.95. The van der Waals surface area contributed by atoms with Gasteiger partial charge in [-0.15, -0.1) is 15.0 Å². The van der Waals surface area contributed by atoms with Crippen molar-refractivity contribution in [3.8, 4) is 11.4 Å². The van der Waals surface area contributed by atoms with E-state index < -0.39 is 0 Å². The molecule has 3 aromatic rings. The third-order valence-corrected chi connectivity index (χ3v) is 8.23. The van der Waals surface area contributed by atoms with Crippen molar-refractivity contribution in [3.05, 3.63) is 47.5 Å². The minimum Gasteiger partial charge on any atom is -0.505 e. The highest BCUT2D eigenvalue weighted by Crippen LogP contribution is 2.37. The summed E-state index contributed by atoms with van der Waals surface area (Å²) in [7, 11) is 2.07. The Bertz CT molecular complexity index is 1310. The molecule has 39 heavy (non-hydrogen) atoms. The van der Waals surface area contributed by atoms with Crippen molar-refractivity contribution in [2.45, 2.75) is 90.3 Å². The third-order valence-electron chi connectivity index (χ3n) is 8.23. The summed E-state index contributed by atoms with van der Waals surface area (Å²) in [4.78, 5) is 16.4. The van der Waals surface area contributed by atoms with Gasteiger partial charge in [-0.05, 0) is 70.3 Å². The number of aromatic nitrogens is 3. The van der Waals surface area contributed by atoms with Gasteiger partial charge < -0.3 is 15.1 Å². The lowest BCUT2D eigenvalue weighted by atomic mass is 9.82. The molecule has 2 heterocycles. The van der Waals surface area contributed by atoms with E-state index in [2.05, 4.69) is 49.8 Å². The van der Waals surface area contributed by atoms with Crippen molar-refractivity contribution < 1.29 is 19.8 Å². The molecule has 2 N–H and O–H groups in total. The molecular formula is C30H43N5O4. The van der Waals surface area contributed by atoms with Gasteiger partial charge in [0.15, 0.2) is 0 Å². The monoisotopic (exact) mass is 537 g/mol. The van der Waals surface area contributed by atoms with E-state index in [1.807, 2.05) is 57.2 Å². The fraction of sp³-hybridized carbons (Fsp3) is 0.567. The number of phenols is 1. The number of nitrogens with zero attached hydrogens (tertiary/aromatic N) is 5. The van der Waals surface area contributed by atoms with Crippen LogP contribution in [0, 0.1) is 0 Å². The molecule has 1 aromatic heterocycles. The van der Waals surface area contributed by atoms with E-state index in [-0.39, 0.29) is 47.3 Å². The number of rotatable bonds is 7. The molecular weight excluding hydrogens is 494 g/mol. The van der Waals surface area contributed by atoms with Gasteiger partial charge in [0, 0.05) is 36.0 Å². The highest BCUT2D eigenvalue weighted by atomic mass is 16.5. The number of phenolic OH excluding ortho intramolecular Hbond substituents is 1. The summed E-state index contributed by atoms with van der Waals surface area (Å²) in [6.45, 7) is 15.3. The number of fused-ring (bicyclic) bond motifs is 1. The highest BCUT2D eigenvalue weighted by molar-refractivity contribution is 5.74. The first-order valence-corrected chi connectivity index (χ1v) is 13.6. The van der Waals surface area contributed by atoms with Crippen LogP contribution in [0.15, 0.2) is 36.4 Å². The van der Waals surface area contributed by atoms with Crippen LogP contribution < -0.4 is 0 Å². The maximum Gasteiger partial charge on any atom is 0.306 e. The number of aromatic hydroxyl groups is 1. The van der Waals surface area contributed by atoms with Crippen LogP contribution in [0.3, 0.4) is 0 Å². The second kappa shape index (κ2) is 10.5. The van der Waals surface area contributed by atoms with Crippen LogP contribution in [0.2, 0.25) is 0 Å². The first kappa shape index (κ1) is 29.0. The van der Waals surface area contributed by atoms with Crippen LogP contribution in [0.25, 0.3) is 16.7 Å². The van der Waals surface area contributed by atoms with Gasteiger partial charge in [0.05, 0.1) is 12.6 Å². The summed E-state index contributed by atoms with van der Waals surface area (Å²) < 4.78 is 5.60. The number of hydrogen-bond acceptors (Lipinski definition) is 8. The maximum atomic E-state index is 12.7. The van der Waals surface area contributed by atoms with Crippen LogP contribution in [0.5, 0.6) is 5.75 Å². The standard InChI is InChI=1S/C30H43N5O4/c1-28(2,3)21-17-20(18-24(27(21)37)35-31-22-11-9-10-12-23(22)32-35)13-14-26(36)39-16-15-25-30(6,7)33(8)29(4,5)19-34(25)38/h9-12,17-18,25,37-38H,13-16,19H2,1-8H3. The van der Waals surface area contributed by atoms with E-state index in [4.69, 9.17) is 4.74 Å². The van der Waals surface area contributed by atoms with Crippen molar-refractivity contribution in [2.24, 2.45) is 0 Å². The first-order chi connectivity index (χ1) is 18.1. The summed E-state index contributed by atoms with van der Waals surface area (Å²) >= 11 is 0. The lowest BCUT2D eigenvalue weighted by Crippen LogP contribution is -2.71. The molecule has 0 radical (unpaired) electrons. The van der Waals surface area contributed by atoms with Crippen molar-refractivity contribution in [1.82, 2.24) is 25.0 Å². The molecule has 0 bridgehead atoms. The number of carbonyl (C=O) groups excluding carboxylic acids is 1. The number of esters is 1. The molecule has 1 unspecified atom stereocenters. The number of benzene rings is 2. The number of hydroxylamine groups is 2. The van der Waals surface area contributed by atoms with Crippen LogP contribution in [0.1, 0.15) is 72.4 Å². The van der Waals surface area contributed by atoms with Crippen LogP contribution in [-0.4, -0.2) is 78.6 Å². The Morgan fingerprint density at radius 1 is 1.10 bits per heavy atom. The summed E-state index contributed by atoms with van der Waals surface area (Å²) in [5.74, 6) is -0.164. The molecule has 2 aromatic carbocycles. The number of hydrogen-bond donors (Lipinski definition) is 2. The largest absolute Gasteiger partial charge is 0.505 e. The van der Waals surface area contributed by atoms with Gasteiger partial charge in [-0.25, -0.2) is 0 Å². The Hall–Kier alpha value is -3.01. The number of likely N-dealkylation sites (N-methyl/N-ethyl adjacent to an activating group) is 1. The molecule has 1 aliphatic heterocycles. The van der Waals surface area contributed by atoms with Crippen molar-refractivity contribution in [3.63, 3.8) is 0 Å². The molecule has 9 nitrogen and oxygen atoms in total. The Labute approximate surface area is 231 Å². The second-order valence-corrected chi connectivity index (χ2v) is 12.9. The Balaban J connectivity index is 1.44. The molecule has 0 spiro atoms. The number of aryl methyl sites for hydroxylation is 1. The Morgan fingerprint density at radius 3 is 2.31 bits per heavy atom. The molecule has 1 fully saturated rings. The van der Waals surface area contributed by atoms with Gasteiger partial charge in [-0.2, -0.15) is 5.06 Å². The first-order valence-electron chi connectivity index (χ1n) is 13.6. The summed E-state index contributed by atoms with van der Waals surface area (Å²) in [6, 6.07) is 11.2. The lowest BCUT2D eigenvalue weighted by Gasteiger charge is -2.57. The summed E-state index contributed by atoms with van der Waals surface area (Å²) in [6.07, 6.45) is 1.19. The SMILES string of the molecule is CN1C(C)(C)CN(O)C(CCOC(=O)CCc2cc(-n3nc4ccccc4n3)c(O)c(C(C)(C)C)c2)C1(C)C. The molecule has 212 valence electrons. The molecule has 1 aliphatic rings. The van der Waals surface area contributed by atoms with E-state index >= 15 is 0 Å². The van der Waals surface area contributed by atoms with E-state index in [1.54, 1.807) is 0 Å². The van der Waals surface area contributed by atoms with Crippen molar-refractivity contribution in [2.75, 3.05) is 20.2 Å². The van der Waals surface area contributed by atoms with Crippen molar-refractivity contribution in [1.29, 1.82) is 0 Å². The zero-order chi connectivity index (χ0) is 28.8. The van der Waals surface area contributed by atoms with E-state index in [0.29, 0.717) is 25.1 Å². The zero-order valence-electron chi connectivity index (χ0n) is 24.5. The van der Waals surface area contributed by atoms with Crippen molar-refractivity contribution >= 4 is 17.0 Å². The molecule has 0 aliphatic carbocycles. The second-order valence-electron chi connectivity index (χ2n) is 12.9. The van der Waals surface area contributed by atoms with Crippen LogP contribution in [0.4, 0.5) is 0 Å². The molecule has 1 atom stereocenters. The van der Waals surface area contributed by atoms with E-state index in [1.165, 1.54) is 9.86 Å². The van der Waals surface area contributed by atoms with Gasteiger partial charge in [0.1, 0.15) is 22.5 Å². The summed E-state index contributed by atoms with van der Waals surface area (Å²) in [5, 5.41) is 32.3. The summed E-state index contributed by atoms with van der Waals surface area (Å²) in [5.41, 5.74) is 2.83. The number of piperazine rings is 1. The average Bonchev–Trinajstić information content (AvgIpc) is 3.27. The predicted molar refractivity (Wildman–Crippen MR) is 151 cm³/mol. The van der Waals surface area contributed by atoms with E-state index in [9.17, 15) is 15.1 Å². The van der Waals surface area contributed by atoms with Gasteiger partial charge in [-0.1, -0.05) is 39.0 Å². The Kier molecular flexibility index (Phi) is 7.82. The molecule has 4 rings (SSSR count). The number of carbonyl (C=O) groups is 1.